The van der Waals surface area contributed by atoms with Crippen LogP contribution in [-0.2, 0) is 10.0 Å². The zero-order valence-corrected chi connectivity index (χ0v) is 14.8. The summed E-state index contributed by atoms with van der Waals surface area (Å²) in [4.78, 5) is 2.53. The van der Waals surface area contributed by atoms with Gasteiger partial charge in [0.05, 0.1) is 17.7 Å². The zero-order chi connectivity index (χ0) is 17.2. The molecule has 1 N–H and O–H groups in total. The number of ether oxygens (including phenoxy) is 1. The third-order valence-electron chi connectivity index (χ3n) is 4.24. The molecule has 1 aliphatic rings. The van der Waals surface area contributed by atoms with Crippen LogP contribution in [0.25, 0.3) is 0 Å². The molecule has 128 valence electrons. The van der Waals surface area contributed by atoms with Gasteiger partial charge in [0.25, 0.3) is 10.0 Å². The van der Waals surface area contributed by atoms with E-state index in [1.807, 2.05) is 18.2 Å². The zero-order valence-electron chi connectivity index (χ0n) is 14.0. The van der Waals surface area contributed by atoms with E-state index in [1.54, 1.807) is 38.3 Å². The maximum absolute atomic E-state index is 12.7. The molecule has 0 aromatic heterocycles. The van der Waals surface area contributed by atoms with Gasteiger partial charge in [-0.3, -0.25) is 4.72 Å². The molecule has 0 radical (unpaired) electrons. The minimum Gasteiger partial charge on any atom is -0.497 e. The van der Waals surface area contributed by atoms with Gasteiger partial charge in [0.2, 0.25) is 0 Å². The molecule has 0 bridgehead atoms. The topological polar surface area (TPSA) is 58.6 Å². The Balaban J connectivity index is 1.85. The van der Waals surface area contributed by atoms with E-state index >= 15 is 0 Å². The first-order valence-corrected chi connectivity index (χ1v) is 9.50. The van der Waals surface area contributed by atoms with Crippen molar-refractivity contribution < 1.29 is 13.2 Å². The van der Waals surface area contributed by atoms with Crippen molar-refractivity contribution in [2.24, 2.45) is 0 Å². The molecule has 24 heavy (non-hydrogen) atoms. The summed E-state index contributed by atoms with van der Waals surface area (Å²) in [6.45, 7) is 3.80. The predicted molar refractivity (Wildman–Crippen MR) is 96.4 cm³/mol. The third-order valence-corrected chi connectivity index (χ3v) is 5.78. The fourth-order valence-electron chi connectivity index (χ4n) is 3.00. The SMILES string of the molecule is COc1ccc(S(=O)(=O)Nc2cccc(N3CCCC3)c2)c(C)c1. The van der Waals surface area contributed by atoms with E-state index in [4.69, 9.17) is 4.74 Å². The van der Waals surface area contributed by atoms with Crippen LogP contribution < -0.4 is 14.4 Å². The lowest BCUT2D eigenvalue weighted by molar-refractivity contribution is 0.414. The first-order valence-electron chi connectivity index (χ1n) is 8.02. The second kappa shape index (κ2) is 6.73. The van der Waals surface area contributed by atoms with Gasteiger partial charge in [-0.1, -0.05) is 6.07 Å². The maximum Gasteiger partial charge on any atom is 0.262 e. The van der Waals surface area contributed by atoms with Crippen molar-refractivity contribution in [3.05, 3.63) is 48.0 Å². The van der Waals surface area contributed by atoms with E-state index in [9.17, 15) is 8.42 Å². The van der Waals surface area contributed by atoms with Crippen molar-refractivity contribution >= 4 is 21.4 Å². The number of sulfonamides is 1. The molecule has 0 atom stereocenters. The monoisotopic (exact) mass is 346 g/mol. The van der Waals surface area contributed by atoms with E-state index in [0.29, 0.717) is 17.0 Å². The minimum absolute atomic E-state index is 0.259. The highest BCUT2D eigenvalue weighted by Crippen LogP contribution is 2.26. The quantitative estimate of drug-likeness (QED) is 0.901. The molecule has 0 saturated carbocycles. The van der Waals surface area contributed by atoms with Crippen LogP contribution in [0, 0.1) is 6.92 Å². The van der Waals surface area contributed by atoms with E-state index in [2.05, 4.69) is 9.62 Å². The summed E-state index contributed by atoms with van der Waals surface area (Å²) in [6, 6.07) is 12.5. The normalized spacial score (nSPS) is 14.7. The molecule has 2 aromatic rings. The minimum atomic E-state index is -3.63. The summed E-state index contributed by atoms with van der Waals surface area (Å²) in [5.41, 5.74) is 2.28. The highest BCUT2D eigenvalue weighted by Gasteiger charge is 2.18. The van der Waals surface area contributed by atoms with Crippen molar-refractivity contribution in [2.75, 3.05) is 29.8 Å². The number of benzene rings is 2. The molecule has 0 unspecified atom stereocenters. The smallest absolute Gasteiger partial charge is 0.262 e. The van der Waals surface area contributed by atoms with Crippen LogP contribution in [0.1, 0.15) is 18.4 Å². The molecule has 0 spiro atoms. The first-order chi connectivity index (χ1) is 11.5. The lowest BCUT2D eigenvalue weighted by Crippen LogP contribution is -2.18. The van der Waals surface area contributed by atoms with E-state index in [1.165, 1.54) is 12.8 Å². The highest BCUT2D eigenvalue weighted by molar-refractivity contribution is 7.92. The highest BCUT2D eigenvalue weighted by atomic mass is 32.2. The fourth-order valence-corrected chi connectivity index (χ4v) is 4.28. The fraction of sp³-hybridized carbons (Fsp3) is 0.333. The van der Waals surface area contributed by atoms with Crippen LogP contribution in [0.5, 0.6) is 5.75 Å². The van der Waals surface area contributed by atoms with Gasteiger partial charge in [-0.15, -0.1) is 0 Å². The van der Waals surface area contributed by atoms with Crippen molar-refractivity contribution in [1.29, 1.82) is 0 Å². The number of hydrogen-bond donors (Lipinski definition) is 1. The predicted octanol–water partition coefficient (Wildman–Crippen LogP) is 3.40. The van der Waals surface area contributed by atoms with E-state index < -0.39 is 10.0 Å². The molecule has 3 rings (SSSR count). The summed E-state index contributed by atoms with van der Waals surface area (Å²) in [5.74, 6) is 0.641. The largest absolute Gasteiger partial charge is 0.497 e. The molecule has 1 fully saturated rings. The number of methoxy groups -OCH3 is 1. The van der Waals surface area contributed by atoms with Gasteiger partial charge in [0.15, 0.2) is 0 Å². The van der Waals surface area contributed by atoms with Gasteiger partial charge in [-0.25, -0.2) is 8.42 Å². The van der Waals surface area contributed by atoms with Crippen molar-refractivity contribution in [3.8, 4) is 5.75 Å². The summed E-state index contributed by atoms with van der Waals surface area (Å²) in [5, 5.41) is 0. The molecule has 6 heteroatoms. The Morgan fingerprint density at radius 1 is 1.08 bits per heavy atom. The van der Waals surface area contributed by atoms with Gasteiger partial charge in [0, 0.05) is 18.8 Å². The number of hydrogen-bond acceptors (Lipinski definition) is 4. The van der Waals surface area contributed by atoms with Crippen LogP contribution in [-0.4, -0.2) is 28.6 Å². The average Bonchev–Trinajstić information content (AvgIpc) is 3.08. The van der Waals surface area contributed by atoms with Crippen molar-refractivity contribution in [3.63, 3.8) is 0 Å². The molecule has 0 amide bonds. The van der Waals surface area contributed by atoms with Crippen molar-refractivity contribution in [2.45, 2.75) is 24.7 Å². The van der Waals surface area contributed by atoms with Crippen LogP contribution >= 0.6 is 0 Å². The molecule has 0 aliphatic carbocycles. The van der Waals surface area contributed by atoms with Gasteiger partial charge in [-0.2, -0.15) is 0 Å². The maximum atomic E-state index is 12.7. The van der Waals surface area contributed by atoms with Gasteiger partial charge in [0.1, 0.15) is 5.75 Å². The molecular formula is C18H22N2O3S. The molecule has 1 aliphatic heterocycles. The third kappa shape index (κ3) is 3.48. The second-order valence-corrected chi connectivity index (χ2v) is 7.63. The molecule has 2 aromatic carbocycles. The first kappa shape index (κ1) is 16.6. The molecule has 1 heterocycles. The van der Waals surface area contributed by atoms with Gasteiger partial charge >= 0.3 is 0 Å². The Labute approximate surface area is 143 Å². The Morgan fingerprint density at radius 2 is 1.83 bits per heavy atom. The summed E-state index contributed by atoms with van der Waals surface area (Å²) in [6.07, 6.45) is 2.36. The Morgan fingerprint density at radius 3 is 2.50 bits per heavy atom. The summed E-state index contributed by atoms with van der Waals surface area (Å²) >= 11 is 0. The number of anilines is 2. The summed E-state index contributed by atoms with van der Waals surface area (Å²) in [7, 11) is -2.07. The van der Waals surface area contributed by atoms with E-state index in [-0.39, 0.29) is 4.90 Å². The lowest BCUT2D eigenvalue weighted by atomic mass is 10.2. The average molecular weight is 346 g/mol. The second-order valence-electron chi connectivity index (χ2n) is 5.98. The Bertz CT molecular complexity index is 828. The molecule has 1 saturated heterocycles. The van der Waals surface area contributed by atoms with Crippen LogP contribution in [0.4, 0.5) is 11.4 Å². The standard InChI is InChI=1S/C18H22N2O3S/c1-14-12-17(23-2)8-9-18(14)24(21,22)19-15-6-5-7-16(13-15)20-10-3-4-11-20/h5-9,12-13,19H,3-4,10-11H2,1-2H3. The van der Waals surface area contributed by atoms with Crippen LogP contribution in [0.3, 0.4) is 0 Å². The van der Waals surface area contributed by atoms with Gasteiger partial charge < -0.3 is 9.64 Å². The van der Waals surface area contributed by atoms with Crippen molar-refractivity contribution in [1.82, 2.24) is 0 Å². The molecular weight excluding hydrogens is 324 g/mol. The Kier molecular flexibility index (Phi) is 4.66. The Hall–Kier alpha value is -2.21. The number of rotatable bonds is 5. The molecule has 5 nitrogen and oxygen atoms in total. The van der Waals surface area contributed by atoms with Crippen LogP contribution in [0.15, 0.2) is 47.4 Å². The lowest BCUT2D eigenvalue weighted by Gasteiger charge is -2.19. The number of nitrogens with zero attached hydrogens (tertiary/aromatic N) is 1. The van der Waals surface area contributed by atoms with E-state index in [0.717, 1.165) is 18.8 Å². The number of nitrogens with one attached hydrogen (secondary N) is 1. The number of aryl methyl sites for hydroxylation is 1. The van der Waals surface area contributed by atoms with Gasteiger partial charge in [-0.05, 0) is 61.7 Å². The van der Waals surface area contributed by atoms with Crippen LogP contribution in [0.2, 0.25) is 0 Å². The summed E-state index contributed by atoms with van der Waals surface area (Å²) < 4.78 is 33.2.